The molecule has 2 aromatic carbocycles. The molecule has 0 atom stereocenters. The molecule has 1 amide bonds. The molecule has 4 aromatic rings. The topological polar surface area (TPSA) is 53.7 Å². The Kier molecular flexibility index (Phi) is 5.22. The third-order valence-corrected chi connectivity index (χ3v) is 5.81. The molecule has 0 bridgehead atoms. The molecule has 5 rings (SSSR count). The molecule has 1 fully saturated rings. The number of aromatic nitrogens is 3. The number of piperazine rings is 1. The fourth-order valence-corrected chi connectivity index (χ4v) is 4.00. The number of amides is 1. The predicted octanol–water partition coefficient (Wildman–Crippen LogP) is 3.38. The van der Waals surface area contributed by atoms with Crippen molar-refractivity contribution in [1.82, 2.24) is 24.4 Å². The van der Waals surface area contributed by atoms with Crippen molar-refractivity contribution in [3.8, 4) is 22.5 Å². The molecule has 0 saturated carbocycles. The van der Waals surface area contributed by atoms with E-state index < -0.39 is 0 Å². The van der Waals surface area contributed by atoms with Crippen LogP contribution in [-0.4, -0.2) is 63.5 Å². The Hall–Kier alpha value is -3.51. The van der Waals surface area contributed by atoms with E-state index in [4.69, 9.17) is 10.1 Å². The van der Waals surface area contributed by atoms with Gasteiger partial charge in [0, 0.05) is 43.4 Å². The zero-order valence-electron chi connectivity index (χ0n) is 17.6. The van der Waals surface area contributed by atoms with Gasteiger partial charge in [-0.1, -0.05) is 60.7 Å². The molecule has 0 aliphatic carbocycles. The number of carbonyl (C=O) groups excluding carboxylic acids is 1. The first-order valence-corrected chi connectivity index (χ1v) is 10.6. The Morgan fingerprint density at radius 2 is 1.52 bits per heavy atom. The van der Waals surface area contributed by atoms with Crippen LogP contribution >= 0.6 is 0 Å². The van der Waals surface area contributed by atoms with Crippen molar-refractivity contribution >= 4 is 11.6 Å². The SMILES string of the molecule is CN1CCN(C(=O)Cc2cc3nc(-c4ccccc4)cc(-c4ccccc4)n3n2)CC1. The van der Waals surface area contributed by atoms with E-state index in [-0.39, 0.29) is 5.91 Å². The predicted molar refractivity (Wildman–Crippen MR) is 122 cm³/mol. The van der Waals surface area contributed by atoms with Gasteiger partial charge in [0.15, 0.2) is 5.65 Å². The lowest BCUT2D eigenvalue weighted by molar-refractivity contribution is -0.132. The Morgan fingerprint density at radius 1 is 0.871 bits per heavy atom. The molecule has 1 aliphatic rings. The minimum Gasteiger partial charge on any atom is -0.340 e. The molecule has 0 unspecified atom stereocenters. The van der Waals surface area contributed by atoms with Gasteiger partial charge < -0.3 is 9.80 Å². The van der Waals surface area contributed by atoms with Crippen molar-refractivity contribution in [2.24, 2.45) is 0 Å². The fraction of sp³-hybridized carbons (Fsp3) is 0.240. The van der Waals surface area contributed by atoms with Crippen LogP contribution in [0.15, 0.2) is 72.8 Å². The second kappa shape index (κ2) is 8.32. The van der Waals surface area contributed by atoms with Gasteiger partial charge in [-0.3, -0.25) is 4.79 Å². The number of hydrogen-bond acceptors (Lipinski definition) is 4. The summed E-state index contributed by atoms with van der Waals surface area (Å²) in [7, 11) is 2.09. The third-order valence-electron chi connectivity index (χ3n) is 5.81. The molecule has 1 saturated heterocycles. The summed E-state index contributed by atoms with van der Waals surface area (Å²) in [4.78, 5) is 21.9. The molecular weight excluding hydrogens is 386 g/mol. The van der Waals surface area contributed by atoms with Crippen LogP contribution in [0.2, 0.25) is 0 Å². The van der Waals surface area contributed by atoms with E-state index in [0.717, 1.165) is 60.0 Å². The fourth-order valence-electron chi connectivity index (χ4n) is 4.00. The van der Waals surface area contributed by atoms with Crippen molar-refractivity contribution in [2.75, 3.05) is 33.2 Å². The first-order valence-electron chi connectivity index (χ1n) is 10.6. The van der Waals surface area contributed by atoms with E-state index in [1.807, 2.05) is 51.9 Å². The average molecular weight is 412 g/mol. The van der Waals surface area contributed by atoms with Gasteiger partial charge in [-0.15, -0.1) is 0 Å². The summed E-state index contributed by atoms with van der Waals surface area (Å²) < 4.78 is 1.86. The van der Waals surface area contributed by atoms with E-state index in [9.17, 15) is 4.79 Å². The van der Waals surface area contributed by atoms with Gasteiger partial charge in [-0.05, 0) is 13.1 Å². The summed E-state index contributed by atoms with van der Waals surface area (Å²) in [5.74, 6) is 0.126. The Morgan fingerprint density at radius 3 is 2.19 bits per heavy atom. The first kappa shape index (κ1) is 19.5. The van der Waals surface area contributed by atoms with Crippen LogP contribution in [0.3, 0.4) is 0 Å². The summed E-state index contributed by atoms with van der Waals surface area (Å²) in [6, 6.07) is 24.3. The lowest BCUT2D eigenvalue weighted by Crippen LogP contribution is -2.47. The lowest BCUT2D eigenvalue weighted by Gasteiger charge is -2.32. The van der Waals surface area contributed by atoms with Crippen LogP contribution in [0.5, 0.6) is 0 Å². The average Bonchev–Trinajstić information content (AvgIpc) is 3.22. The molecule has 0 spiro atoms. The maximum Gasteiger partial charge on any atom is 0.228 e. The minimum atomic E-state index is 0.126. The van der Waals surface area contributed by atoms with Gasteiger partial charge in [0.25, 0.3) is 0 Å². The zero-order chi connectivity index (χ0) is 21.2. The van der Waals surface area contributed by atoms with Crippen LogP contribution in [0.4, 0.5) is 0 Å². The van der Waals surface area contributed by atoms with Crippen molar-refractivity contribution in [2.45, 2.75) is 6.42 Å². The van der Waals surface area contributed by atoms with E-state index in [1.54, 1.807) is 0 Å². The smallest absolute Gasteiger partial charge is 0.228 e. The summed E-state index contributed by atoms with van der Waals surface area (Å²) in [5.41, 5.74) is 5.47. The minimum absolute atomic E-state index is 0.126. The van der Waals surface area contributed by atoms with E-state index >= 15 is 0 Å². The summed E-state index contributed by atoms with van der Waals surface area (Å²) in [6.45, 7) is 3.37. The largest absolute Gasteiger partial charge is 0.340 e. The highest BCUT2D eigenvalue weighted by atomic mass is 16.2. The monoisotopic (exact) mass is 411 g/mol. The molecule has 1 aliphatic heterocycles. The van der Waals surface area contributed by atoms with Gasteiger partial charge in [0.1, 0.15) is 0 Å². The Labute approximate surface area is 181 Å². The normalized spacial score (nSPS) is 14.8. The second-order valence-corrected chi connectivity index (χ2v) is 8.03. The second-order valence-electron chi connectivity index (χ2n) is 8.03. The Bertz CT molecular complexity index is 1190. The van der Waals surface area contributed by atoms with Crippen molar-refractivity contribution < 1.29 is 4.79 Å². The maximum atomic E-state index is 12.8. The summed E-state index contributed by atoms with van der Waals surface area (Å²) in [6.07, 6.45) is 0.294. The molecule has 3 heterocycles. The summed E-state index contributed by atoms with van der Waals surface area (Å²) in [5, 5.41) is 4.77. The van der Waals surface area contributed by atoms with Crippen molar-refractivity contribution in [3.63, 3.8) is 0 Å². The third kappa shape index (κ3) is 4.07. The maximum absolute atomic E-state index is 12.8. The number of carbonyl (C=O) groups is 1. The van der Waals surface area contributed by atoms with E-state index in [1.165, 1.54) is 0 Å². The first-order chi connectivity index (χ1) is 15.2. The number of benzene rings is 2. The van der Waals surface area contributed by atoms with Gasteiger partial charge in [0.05, 0.1) is 23.5 Å². The molecule has 6 nitrogen and oxygen atoms in total. The van der Waals surface area contributed by atoms with Crippen LogP contribution < -0.4 is 0 Å². The van der Waals surface area contributed by atoms with Crippen molar-refractivity contribution in [1.29, 1.82) is 0 Å². The number of fused-ring (bicyclic) bond motifs is 1. The van der Waals surface area contributed by atoms with E-state index in [0.29, 0.717) is 6.42 Å². The highest BCUT2D eigenvalue weighted by Crippen LogP contribution is 2.26. The van der Waals surface area contributed by atoms with Crippen LogP contribution in [0, 0.1) is 0 Å². The Balaban J connectivity index is 1.53. The number of rotatable bonds is 4. The van der Waals surface area contributed by atoms with Crippen LogP contribution in [0.1, 0.15) is 5.69 Å². The van der Waals surface area contributed by atoms with Crippen LogP contribution in [-0.2, 0) is 11.2 Å². The molecule has 156 valence electrons. The number of nitrogens with zero attached hydrogens (tertiary/aromatic N) is 5. The lowest BCUT2D eigenvalue weighted by atomic mass is 10.1. The van der Waals surface area contributed by atoms with Crippen molar-refractivity contribution in [3.05, 3.63) is 78.5 Å². The summed E-state index contributed by atoms with van der Waals surface area (Å²) >= 11 is 0. The molecular formula is C25H25N5O. The van der Waals surface area contributed by atoms with E-state index in [2.05, 4.69) is 42.3 Å². The highest BCUT2D eigenvalue weighted by molar-refractivity contribution is 5.79. The zero-order valence-corrected chi connectivity index (χ0v) is 17.6. The molecule has 0 radical (unpaired) electrons. The van der Waals surface area contributed by atoms with Gasteiger partial charge >= 0.3 is 0 Å². The van der Waals surface area contributed by atoms with Gasteiger partial charge in [-0.2, -0.15) is 5.10 Å². The quantitative estimate of drug-likeness (QED) is 0.517. The molecule has 2 aromatic heterocycles. The number of likely N-dealkylation sites (N-methyl/N-ethyl adjacent to an activating group) is 1. The molecule has 31 heavy (non-hydrogen) atoms. The van der Waals surface area contributed by atoms with Gasteiger partial charge in [-0.25, -0.2) is 9.50 Å². The standard InChI is InChI=1S/C25H25N5O/c1-28-12-14-29(15-13-28)25(31)17-21-16-24-26-22(19-8-4-2-5-9-19)18-23(30(24)27-21)20-10-6-3-7-11-20/h2-11,16,18H,12-15,17H2,1H3. The number of hydrogen-bond donors (Lipinski definition) is 0. The molecule has 6 heteroatoms. The van der Waals surface area contributed by atoms with Crippen LogP contribution in [0.25, 0.3) is 28.2 Å². The highest BCUT2D eigenvalue weighted by Gasteiger charge is 2.21. The molecule has 0 N–H and O–H groups in total. The van der Waals surface area contributed by atoms with Gasteiger partial charge in [0.2, 0.25) is 5.91 Å².